The summed E-state index contributed by atoms with van der Waals surface area (Å²) in [4.78, 5) is 13.0. The van der Waals surface area contributed by atoms with E-state index < -0.39 is 0 Å². The standard InChI is InChI=1S/C15H20N2O2S/c1-15(2,6-8-18)11-17-14(19)12-4-3-5-13(10-12)20-9-7-16/h3-5,10,18H,6,8-9,11H2,1-2H3,(H,17,19). The van der Waals surface area contributed by atoms with Gasteiger partial charge in [0.2, 0.25) is 0 Å². The fourth-order valence-electron chi connectivity index (χ4n) is 1.66. The molecule has 2 N–H and O–H groups in total. The highest BCUT2D eigenvalue weighted by Gasteiger charge is 2.18. The van der Waals surface area contributed by atoms with E-state index in [0.29, 0.717) is 24.3 Å². The lowest BCUT2D eigenvalue weighted by molar-refractivity contribution is 0.0928. The number of carbonyl (C=O) groups is 1. The second-order valence-corrected chi connectivity index (χ2v) is 6.34. The maximum atomic E-state index is 12.1. The number of nitrogens with zero attached hydrogens (tertiary/aromatic N) is 1. The van der Waals surface area contributed by atoms with Crippen LogP contribution in [0, 0.1) is 16.7 Å². The summed E-state index contributed by atoms with van der Waals surface area (Å²) in [6, 6.07) is 9.30. The molecule has 0 bridgehead atoms. The number of aliphatic hydroxyl groups is 1. The van der Waals surface area contributed by atoms with Gasteiger partial charge in [-0.15, -0.1) is 11.8 Å². The molecule has 0 atom stereocenters. The lowest BCUT2D eigenvalue weighted by Crippen LogP contribution is -2.34. The van der Waals surface area contributed by atoms with Gasteiger partial charge in [0.15, 0.2) is 0 Å². The second-order valence-electron chi connectivity index (χ2n) is 5.30. The highest BCUT2D eigenvalue weighted by Crippen LogP contribution is 2.20. The predicted octanol–water partition coefficient (Wildman–Crippen LogP) is 2.44. The Morgan fingerprint density at radius 1 is 1.50 bits per heavy atom. The highest BCUT2D eigenvalue weighted by atomic mass is 32.2. The zero-order chi connectivity index (χ0) is 15.0. The van der Waals surface area contributed by atoms with E-state index in [1.807, 2.05) is 26.0 Å². The van der Waals surface area contributed by atoms with Crippen LogP contribution < -0.4 is 5.32 Å². The van der Waals surface area contributed by atoms with Gasteiger partial charge in [-0.2, -0.15) is 5.26 Å². The average molecular weight is 292 g/mol. The topological polar surface area (TPSA) is 73.1 Å². The fourth-order valence-corrected chi connectivity index (χ4v) is 2.27. The number of hydrogen-bond donors (Lipinski definition) is 2. The first-order chi connectivity index (χ1) is 9.48. The molecule has 0 unspecified atom stereocenters. The SMILES string of the molecule is CC(C)(CCO)CNC(=O)c1cccc(SCC#N)c1. The summed E-state index contributed by atoms with van der Waals surface area (Å²) in [5.41, 5.74) is 0.463. The van der Waals surface area contributed by atoms with E-state index in [2.05, 4.69) is 11.4 Å². The molecule has 0 heterocycles. The molecule has 1 aromatic rings. The number of carbonyl (C=O) groups excluding carboxylic acids is 1. The number of nitriles is 1. The van der Waals surface area contributed by atoms with Gasteiger partial charge in [-0.25, -0.2) is 0 Å². The number of hydrogen-bond acceptors (Lipinski definition) is 4. The van der Waals surface area contributed by atoms with Crippen LogP contribution in [0.1, 0.15) is 30.6 Å². The molecule has 5 heteroatoms. The van der Waals surface area contributed by atoms with Crippen LogP contribution in [0.25, 0.3) is 0 Å². The maximum absolute atomic E-state index is 12.1. The Balaban J connectivity index is 2.61. The highest BCUT2D eigenvalue weighted by molar-refractivity contribution is 7.99. The molecule has 4 nitrogen and oxygen atoms in total. The van der Waals surface area contributed by atoms with E-state index in [9.17, 15) is 4.79 Å². The van der Waals surface area contributed by atoms with Gasteiger partial charge in [0.05, 0.1) is 11.8 Å². The van der Waals surface area contributed by atoms with Gasteiger partial charge in [-0.1, -0.05) is 19.9 Å². The quantitative estimate of drug-likeness (QED) is 0.757. The number of rotatable bonds is 7. The molecule has 0 aromatic heterocycles. The summed E-state index contributed by atoms with van der Waals surface area (Å²) < 4.78 is 0. The third-order valence-electron chi connectivity index (χ3n) is 2.92. The van der Waals surface area contributed by atoms with Gasteiger partial charge in [0.25, 0.3) is 5.91 Å². The fraction of sp³-hybridized carbons (Fsp3) is 0.467. The van der Waals surface area contributed by atoms with Gasteiger partial charge in [-0.3, -0.25) is 4.79 Å². The normalized spacial score (nSPS) is 10.9. The summed E-state index contributed by atoms with van der Waals surface area (Å²) in [5.74, 6) is 0.240. The zero-order valence-corrected chi connectivity index (χ0v) is 12.7. The van der Waals surface area contributed by atoms with Crippen molar-refractivity contribution in [3.8, 4) is 6.07 Å². The van der Waals surface area contributed by atoms with Gasteiger partial charge in [-0.05, 0) is 30.0 Å². The summed E-state index contributed by atoms with van der Waals surface area (Å²) in [7, 11) is 0. The van der Waals surface area contributed by atoms with Gasteiger partial charge in [0.1, 0.15) is 0 Å². The summed E-state index contributed by atoms with van der Waals surface area (Å²) in [6.07, 6.45) is 0.644. The monoisotopic (exact) mass is 292 g/mol. The lowest BCUT2D eigenvalue weighted by Gasteiger charge is -2.23. The van der Waals surface area contributed by atoms with Gasteiger partial charge >= 0.3 is 0 Å². The zero-order valence-electron chi connectivity index (χ0n) is 11.8. The maximum Gasteiger partial charge on any atom is 0.251 e. The van der Waals surface area contributed by atoms with Gasteiger partial charge < -0.3 is 10.4 Å². The van der Waals surface area contributed by atoms with E-state index in [4.69, 9.17) is 10.4 Å². The van der Waals surface area contributed by atoms with E-state index in [1.165, 1.54) is 11.8 Å². The molecule has 0 saturated heterocycles. The molecule has 1 aromatic carbocycles. The van der Waals surface area contributed by atoms with Crippen molar-refractivity contribution in [1.29, 1.82) is 5.26 Å². The van der Waals surface area contributed by atoms with Crippen molar-refractivity contribution in [1.82, 2.24) is 5.32 Å². The predicted molar refractivity (Wildman–Crippen MR) is 80.6 cm³/mol. The van der Waals surface area contributed by atoms with Crippen LogP contribution in [0.2, 0.25) is 0 Å². The molecule has 0 aliphatic heterocycles. The number of amides is 1. The molecule has 0 radical (unpaired) electrons. The van der Waals surface area contributed by atoms with Crippen molar-refractivity contribution in [2.45, 2.75) is 25.2 Å². The average Bonchev–Trinajstić information content (AvgIpc) is 2.43. The molecule has 0 spiro atoms. The Labute approximate surface area is 124 Å². The number of nitrogens with one attached hydrogen (secondary N) is 1. The van der Waals surface area contributed by atoms with E-state index in [0.717, 1.165) is 4.90 Å². The molecule has 1 amide bonds. The Morgan fingerprint density at radius 3 is 2.90 bits per heavy atom. The molecular weight excluding hydrogens is 272 g/mol. The smallest absolute Gasteiger partial charge is 0.251 e. The number of benzene rings is 1. The van der Waals surface area contributed by atoms with E-state index in [-0.39, 0.29) is 17.9 Å². The van der Waals surface area contributed by atoms with Crippen molar-refractivity contribution < 1.29 is 9.90 Å². The second kappa shape index (κ2) is 7.93. The molecule has 20 heavy (non-hydrogen) atoms. The molecule has 0 aliphatic carbocycles. The van der Waals surface area contributed by atoms with Crippen molar-refractivity contribution in [2.75, 3.05) is 18.9 Å². The Kier molecular flexibility index (Phi) is 6.56. The van der Waals surface area contributed by atoms with Crippen LogP contribution >= 0.6 is 11.8 Å². The summed E-state index contributed by atoms with van der Waals surface area (Å²) in [6.45, 7) is 4.64. The van der Waals surface area contributed by atoms with Crippen molar-refractivity contribution in [2.24, 2.45) is 5.41 Å². The van der Waals surface area contributed by atoms with Crippen molar-refractivity contribution in [3.05, 3.63) is 29.8 Å². The minimum absolute atomic E-state index is 0.114. The van der Waals surface area contributed by atoms with Crippen molar-refractivity contribution in [3.63, 3.8) is 0 Å². The first kappa shape index (κ1) is 16.5. The Bertz CT molecular complexity index is 495. The molecule has 1 rings (SSSR count). The summed E-state index contributed by atoms with van der Waals surface area (Å²) in [5, 5.41) is 20.4. The first-order valence-electron chi connectivity index (χ1n) is 6.47. The molecular formula is C15H20N2O2S. The minimum atomic E-state index is -0.129. The van der Waals surface area contributed by atoms with Crippen LogP contribution in [0.5, 0.6) is 0 Å². The van der Waals surface area contributed by atoms with Crippen LogP contribution in [0.15, 0.2) is 29.2 Å². The Morgan fingerprint density at radius 2 is 2.25 bits per heavy atom. The van der Waals surface area contributed by atoms with E-state index >= 15 is 0 Å². The van der Waals surface area contributed by atoms with Crippen LogP contribution in [0.3, 0.4) is 0 Å². The van der Waals surface area contributed by atoms with E-state index in [1.54, 1.807) is 12.1 Å². The number of thioether (sulfide) groups is 1. The molecule has 108 valence electrons. The van der Waals surface area contributed by atoms with Crippen LogP contribution in [-0.4, -0.2) is 29.9 Å². The van der Waals surface area contributed by atoms with Crippen LogP contribution in [-0.2, 0) is 0 Å². The van der Waals surface area contributed by atoms with Crippen LogP contribution in [0.4, 0.5) is 0 Å². The largest absolute Gasteiger partial charge is 0.396 e. The third kappa shape index (κ3) is 5.64. The molecule has 0 aliphatic rings. The van der Waals surface area contributed by atoms with Gasteiger partial charge in [0, 0.05) is 23.6 Å². The summed E-state index contributed by atoms with van der Waals surface area (Å²) >= 11 is 1.41. The molecule has 0 saturated carbocycles. The van der Waals surface area contributed by atoms with Crippen molar-refractivity contribution >= 4 is 17.7 Å². The lowest BCUT2D eigenvalue weighted by atomic mass is 9.89. The molecule has 0 fully saturated rings. The third-order valence-corrected chi connectivity index (χ3v) is 3.78. The number of aliphatic hydroxyl groups excluding tert-OH is 1. The minimum Gasteiger partial charge on any atom is -0.396 e. The Hall–Kier alpha value is -1.51. The first-order valence-corrected chi connectivity index (χ1v) is 7.46.